The number of aryl methyl sites for hydroxylation is 1. The van der Waals surface area contributed by atoms with Crippen LogP contribution in [0.1, 0.15) is 52.5 Å². The Morgan fingerprint density at radius 1 is 1.02 bits per heavy atom. The van der Waals surface area contributed by atoms with E-state index >= 15 is 0 Å². The largest absolute Gasteiger partial charge is 0.382 e. The van der Waals surface area contributed by atoms with Crippen LogP contribution < -0.4 is 21.7 Å². The van der Waals surface area contributed by atoms with E-state index in [4.69, 9.17) is 10.5 Å². The van der Waals surface area contributed by atoms with Crippen molar-refractivity contribution >= 4 is 38.9 Å². The van der Waals surface area contributed by atoms with Gasteiger partial charge in [-0.15, -0.1) is 11.3 Å². The van der Waals surface area contributed by atoms with Gasteiger partial charge in [0.2, 0.25) is 11.8 Å². The molecule has 0 fully saturated rings. The van der Waals surface area contributed by atoms with Gasteiger partial charge in [0.15, 0.2) is 0 Å². The first-order valence-corrected chi connectivity index (χ1v) is 16.0. The summed E-state index contributed by atoms with van der Waals surface area (Å²) in [5.41, 5.74) is 7.53. The predicted octanol–water partition coefficient (Wildman–Crippen LogP) is 1.35. The highest BCUT2D eigenvalue weighted by Crippen LogP contribution is 2.14. The highest BCUT2D eigenvalue weighted by atomic mass is 32.2. The molecule has 0 saturated heterocycles. The van der Waals surface area contributed by atoms with Crippen molar-refractivity contribution in [3.63, 3.8) is 0 Å². The lowest BCUT2D eigenvalue weighted by Crippen LogP contribution is -2.56. The zero-order chi connectivity index (χ0) is 29.9. The van der Waals surface area contributed by atoms with Gasteiger partial charge in [0.1, 0.15) is 26.8 Å². The molecule has 0 radical (unpaired) electrons. The molecule has 0 aliphatic carbocycles. The molecule has 3 atom stereocenters. The van der Waals surface area contributed by atoms with Gasteiger partial charge in [-0.1, -0.05) is 38.1 Å². The molecule has 13 heteroatoms. The number of nitrogens with one attached hydrogen (secondary N) is 3. The molecule has 0 saturated carbocycles. The van der Waals surface area contributed by atoms with E-state index < -0.39 is 45.7 Å². The number of sulfone groups is 1. The maximum absolute atomic E-state index is 13.3. The third-order valence-electron chi connectivity index (χ3n) is 6.06. The first-order chi connectivity index (χ1) is 18.8. The molecule has 1 heterocycles. The van der Waals surface area contributed by atoms with Gasteiger partial charge >= 0.3 is 0 Å². The molecular formula is C27H41N5O6S2. The van der Waals surface area contributed by atoms with Crippen molar-refractivity contribution in [3.8, 4) is 0 Å². The Labute approximate surface area is 240 Å². The Kier molecular flexibility index (Phi) is 13.2. The van der Waals surface area contributed by atoms with Crippen LogP contribution in [0.5, 0.6) is 0 Å². The first kappa shape index (κ1) is 33.3. The van der Waals surface area contributed by atoms with Crippen LogP contribution in [-0.4, -0.2) is 75.0 Å². The molecule has 5 N–H and O–H groups in total. The number of rotatable bonds is 16. The van der Waals surface area contributed by atoms with E-state index in [-0.39, 0.29) is 24.7 Å². The van der Waals surface area contributed by atoms with Crippen molar-refractivity contribution in [3.05, 3.63) is 51.5 Å². The van der Waals surface area contributed by atoms with Crippen LogP contribution in [0.2, 0.25) is 0 Å². The molecule has 3 amide bonds. The lowest BCUT2D eigenvalue weighted by molar-refractivity contribution is -0.131. The van der Waals surface area contributed by atoms with E-state index in [1.807, 2.05) is 38.1 Å². The first-order valence-electron chi connectivity index (χ1n) is 13.1. The Morgan fingerprint density at radius 2 is 1.65 bits per heavy atom. The number of nitrogens with two attached hydrogens (primary N) is 1. The van der Waals surface area contributed by atoms with Gasteiger partial charge in [-0.25, -0.2) is 13.4 Å². The normalized spacial score (nSPS) is 13.9. The number of thiazole rings is 1. The van der Waals surface area contributed by atoms with Gasteiger partial charge in [0.25, 0.3) is 5.91 Å². The Morgan fingerprint density at radius 3 is 2.17 bits per heavy atom. The van der Waals surface area contributed by atoms with Gasteiger partial charge in [0.05, 0.1) is 23.6 Å². The number of nitrogens with zero attached hydrogens (tertiary/aromatic N) is 1. The van der Waals surface area contributed by atoms with E-state index in [1.54, 1.807) is 6.92 Å². The maximum Gasteiger partial charge on any atom is 0.263 e. The second-order valence-corrected chi connectivity index (χ2v) is 13.8. The molecule has 11 nitrogen and oxygen atoms in total. The summed E-state index contributed by atoms with van der Waals surface area (Å²) in [7, 11) is -1.86. The van der Waals surface area contributed by atoms with Crippen molar-refractivity contribution in [2.45, 2.75) is 64.7 Å². The molecule has 0 aliphatic heterocycles. The zero-order valence-corrected chi connectivity index (χ0v) is 25.4. The summed E-state index contributed by atoms with van der Waals surface area (Å²) >= 11 is 1.22. The highest BCUT2D eigenvalue weighted by molar-refractivity contribution is 7.90. The summed E-state index contributed by atoms with van der Waals surface area (Å²) in [5, 5.41) is 9.08. The SMILES string of the molecule is COC[C@H](NC(=O)[C@H](CC(C)C)NC(=O)c1cnc(C)s1)C(=O)N[C@H](CCS(C)(=O)=O)Cc1ccc(CN)cc1. The number of hydrogen-bond acceptors (Lipinski definition) is 9. The molecule has 0 spiro atoms. The molecule has 0 bridgehead atoms. The number of hydrogen-bond donors (Lipinski definition) is 4. The van der Waals surface area contributed by atoms with Crippen LogP contribution in [-0.2, 0) is 37.1 Å². The highest BCUT2D eigenvalue weighted by Gasteiger charge is 2.29. The Balaban J connectivity index is 2.16. The number of aromatic nitrogens is 1. The van der Waals surface area contributed by atoms with Crippen molar-refractivity contribution < 1.29 is 27.5 Å². The number of methoxy groups -OCH3 is 1. The summed E-state index contributed by atoms with van der Waals surface area (Å²) in [6.07, 6.45) is 3.54. The molecule has 1 aromatic carbocycles. The predicted molar refractivity (Wildman–Crippen MR) is 156 cm³/mol. The van der Waals surface area contributed by atoms with Crippen molar-refractivity contribution in [2.75, 3.05) is 25.7 Å². The lowest BCUT2D eigenvalue weighted by atomic mass is 10.0. The van der Waals surface area contributed by atoms with Crippen LogP contribution in [0, 0.1) is 12.8 Å². The van der Waals surface area contributed by atoms with Gasteiger partial charge in [-0.2, -0.15) is 0 Å². The third kappa shape index (κ3) is 11.7. The van der Waals surface area contributed by atoms with Gasteiger partial charge < -0.3 is 26.4 Å². The second-order valence-electron chi connectivity index (χ2n) is 10.3. The van der Waals surface area contributed by atoms with E-state index in [0.717, 1.165) is 22.4 Å². The van der Waals surface area contributed by atoms with Crippen LogP contribution in [0.3, 0.4) is 0 Å². The summed E-state index contributed by atoms with van der Waals surface area (Å²) in [5.74, 6) is -1.48. The summed E-state index contributed by atoms with van der Waals surface area (Å²) in [6.45, 7) is 5.92. The number of ether oxygens (including phenoxy) is 1. The van der Waals surface area contributed by atoms with Crippen LogP contribution in [0.4, 0.5) is 0 Å². The van der Waals surface area contributed by atoms with E-state index in [0.29, 0.717) is 24.3 Å². The van der Waals surface area contributed by atoms with Crippen LogP contribution >= 0.6 is 11.3 Å². The zero-order valence-electron chi connectivity index (χ0n) is 23.7. The molecule has 40 heavy (non-hydrogen) atoms. The fraction of sp³-hybridized carbons (Fsp3) is 0.556. The number of carbonyl (C=O) groups is 3. The van der Waals surface area contributed by atoms with Gasteiger partial charge in [0, 0.05) is 26.0 Å². The smallest absolute Gasteiger partial charge is 0.263 e. The van der Waals surface area contributed by atoms with Crippen LogP contribution in [0.25, 0.3) is 0 Å². The minimum atomic E-state index is -3.27. The monoisotopic (exact) mass is 595 g/mol. The van der Waals surface area contributed by atoms with Gasteiger partial charge in [-0.05, 0) is 43.2 Å². The molecule has 1 aromatic heterocycles. The Hall–Kier alpha value is -2.87. The van der Waals surface area contributed by atoms with E-state index in [1.165, 1.54) is 24.6 Å². The maximum atomic E-state index is 13.3. The summed E-state index contributed by atoms with van der Waals surface area (Å²) in [6, 6.07) is 5.09. The van der Waals surface area contributed by atoms with E-state index in [2.05, 4.69) is 20.9 Å². The molecule has 222 valence electrons. The fourth-order valence-electron chi connectivity index (χ4n) is 4.00. The number of benzene rings is 1. The van der Waals surface area contributed by atoms with E-state index in [9.17, 15) is 22.8 Å². The van der Waals surface area contributed by atoms with Gasteiger partial charge in [-0.3, -0.25) is 14.4 Å². The van der Waals surface area contributed by atoms with Crippen LogP contribution in [0.15, 0.2) is 30.5 Å². The molecule has 0 unspecified atom stereocenters. The van der Waals surface area contributed by atoms with Crippen molar-refractivity contribution in [1.82, 2.24) is 20.9 Å². The topological polar surface area (TPSA) is 170 Å². The fourth-order valence-corrected chi connectivity index (χ4v) is 5.39. The average Bonchev–Trinajstić information content (AvgIpc) is 3.32. The summed E-state index contributed by atoms with van der Waals surface area (Å²) in [4.78, 5) is 43.8. The molecular weight excluding hydrogens is 554 g/mol. The van der Waals surface area contributed by atoms with Crippen molar-refractivity contribution in [1.29, 1.82) is 0 Å². The average molecular weight is 596 g/mol. The molecule has 0 aliphatic rings. The number of amides is 3. The molecule has 2 rings (SSSR count). The molecule has 2 aromatic rings. The quantitative estimate of drug-likeness (QED) is 0.225. The number of carbonyl (C=O) groups excluding carboxylic acids is 3. The summed E-state index contributed by atoms with van der Waals surface area (Å²) < 4.78 is 28.9. The minimum absolute atomic E-state index is 0.0833. The standard InChI is InChI=1S/C27H41N5O6S2/c1-17(2)12-22(31-27(35)24-15-29-18(3)39-24)25(33)32-23(16-38-4)26(34)30-21(10-11-40(5,36)37)13-19-6-8-20(14-28)9-7-19/h6-9,15,17,21-23H,10-14,16,28H2,1-5H3,(H,30,34)(H,31,35)(H,32,33)/t21-,22+,23+/m1/s1. The minimum Gasteiger partial charge on any atom is -0.382 e. The Bertz CT molecular complexity index is 1230. The second kappa shape index (κ2) is 15.8. The van der Waals surface area contributed by atoms with Crippen molar-refractivity contribution in [2.24, 2.45) is 11.7 Å². The lowest BCUT2D eigenvalue weighted by Gasteiger charge is -2.26. The third-order valence-corrected chi connectivity index (χ3v) is 7.95.